The van der Waals surface area contributed by atoms with E-state index in [-0.39, 0.29) is 5.97 Å². The van der Waals surface area contributed by atoms with Gasteiger partial charge in [0.15, 0.2) is 0 Å². The third kappa shape index (κ3) is 5.82. The van der Waals surface area contributed by atoms with Gasteiger partial charge < -0.3 is 10.5 Å². The molecule has 0 rings (SSSR count). The molecular formula is C7H16N2O2. The van der Waals surface area contributed by atoms with Crippen LogP contribution in [0.5, 0.6) is 0 Å². The quantitative estimate of drug-likeness (QED) is 0.548. The van der Waals surface area contributed by atoms with Crippen LogP contribution in [0.15, 0.2) is 0 Å². The molecule has 0 fully saturated rings. The molecule has 4 heteroatoms. The van der Waals surface area contributed by atoms with Crippen molar-refractivity contribution in [3.05, 3.63) is 0 Å². The second-order valence-electron chi connectivity index (χ2n) is 2.46. The van der Waals surface area contributed by atoms with Crippen molar-refractivity contribution in [3.63, 3.8) is 0 Å². The van der Waals surface area contributed by atoms with Crippen LogP contribution in [0.4, 0.5) is 0 Å². The number of carbonyl (C=O) groups excluding carboxylic acids is 1. The van der Waals surface area contributed by atoms with Gasteiger partial charge in [-0.1, -0.05) is 0 Å². The molecule has 2 N–H and O–H groups in total. The first-order chi connectivity index (χ1) is 5.20. The number of nitrogens with two attached hydrogens (primary N) is 1. The van der Waals surface area contributed by atoms with E-state index in [0.717, 1.165) is 13.0 Å². The molecule has 0 aliphatic rings. The largest absolute Gasteiger partial charge is 0.468 e. The van der Waals surface area contributed by atoms with E-state index in [2.05, 4.69) is 4.74 Å². The van der Waals surface area contributed by atoms with E-state index in [1.807, 2.05) is 11.9 Å². The lowest BCUT2D eigenvalue weighted by molar-refractivity contribution is -0.141. The van der Waals surface area contributed by atoms with Crippen molar-refractivity contribution >= 4 is 5.97 Å². The van der Waals surface area contributed by atoms with E-state index in [1.54, 1.807) is 0 Å². The van der Waals surface area contributed by atoms with Crippen LogP contribution in [0.1, 0.15) is 6.42 Å². The molecule has 0 radical (unpaired) electrons. The number of rotatable bonds is 5. The Bertz CT molecular complexity index is 117. The van der Waals surface area contributed by atoms with Crippen LogP contribution in [0.25, 0.3) is 0 Å². The normalized spacial score (nSPS) is 10.2. The smallest absolute Gasteiger partial charge is 0.319 e. The topological polar surface area (TPSA) is 55.6 Å². The van der Waals surface area contributed by atoms with E-state index in [4.69, 9.17) is 5.73 Å². The number of carbonyl (C=O) groups is 1. The molecule has 0 aromatic heterocycles. The molecule has 0 atom stereocenters. The zero-order valence-electron chi connectivity index (χ0n) is 7.17. The Balaban J connectivity index is 3.35. The molecule has 0 bridgehead atoms. The summed E-state index contributed by atoms with van der Waals surface area (Å²) >= 11 is 0. The standard InChI is InChI=1S/C7H16N2O2/c1-9(5-3-4-8)6-7(10)11-2/h3-6,8H2,1-2H3. The van der Waals surface area contributed by atoms with Crippen LogP contribution in [0.3, 0.4) is 0 Å². The maximum atomic E-state index is 10.7. The van der Waals surface area contributed by atoms with Gasteiger partial charge in [0.25, 0.3) is 0 Å². The van der Waals surface area contributed by atoms with Crippen molar-refractivity contribution in [2.75, 3.05) is 33.8 Å². The van der Waals surface area contributed by atoms with Gasteiger partial charge in [-0.2, -0.15) is 0 Å². The number of methoxy groups -OCH3 is 1. The molecule has 0 unspecified atom stereocenters. The van der Waals surface area contributed by atoms with Gasteiger partial charge >= 0.3 is 5.97 Å². The minimum absolute atomic E-state index is 0.204. The van der Waals surface area contributed by atoms with Gasteiger partial charge in [0.2, 0.25) is 0 Å². The lowest BCUT2D eigenvalue weighted by atomic mass is 10.4. The fourth-order valence-corrected chi connectivity index (χ4v) is 0.725. The maximum absolute atomic E-state index is 10.7. The van der Waals surface area contributed by atoms with Crippen molar-refractivity contribution in [1.82, 2.24) is 4.90 Å². The van der Waals surface area contributed by atoms with Crippen molar-refractivity contribution in [2.45, 2.75) is 6.42 Å². The van der Waals surface area contributed by atoms with Crippen molar-refractivity contribution < 1.29 is 9.53 Å². The highest BCUT2D eigenvalue weighted by molar-refractivity contribution is 5.71. The Morgan fingerprint density at radius 2 is 2.27 bits per heavy atom. The summed E-state index contributed by atoms with van der Waals surface area (Å²) in [6, 6.07) is 0. The number of nitrogens with zero attached hydrogens (tertiary/aromatic N) is 1. The minimum Gasteiger partial charge on any atom is -0.468 e. The van der Waals surface area contributed by atoms with Gasteiger partial charge in [0, 0.05) is 0 Å². The van der Waals surface area contributed by atoms with Gasteiger partial charge in [-0.3, -0.25) is 9.69 Å². The molecule has 0 spiro atoms. The van der Waals surface area contributed by atoms with Crippen LogP contribution in [-0.4, -0.2) is 44.7 Å². The second-order valence-corrected chi connectivity index (χ2v) is 2.46. The summed E-state index contributed by atoms with van der Waals surface area (Å²) in [7, 11) is 3.26. The van der Waals surface area contributed by atoms with Crippen LogP contribution < -0.4 is 5.73 Å². The predicted molar refractivity (Wildman–Crippen MR) is 43.2 cm³/mol. The van der Waals surface area contributed by atoms with E-state index in [0.29, 0.717) is 13.1 Å². The van der Waals surface area contributed by atoms with E-state index >= 15 is 0 Å². The summed E-state index contributed by atoms with van der Waals surface area (Å²) in [4.78, 5) is 12.6. The number of ether oxygens (including phenoxy) is 1. The second kappa shape index (κ2) is 6.12. The molecule has 0 saturated carbocycles. The highest BCUT2D eigenvalue weighted by Crippen LogP contribution is 1.86. The highest BCUT2D eigenvalue weighted by atomic mass is 16.5. The van der Waals surface area contributed by atoms with Crippen LogP contribution in [-0.2, 0) is 9.53 Å². The summed E-state index contributed by atoms with van der Waals surface area (Å²) < 4.78 is 4.49. The molecule has 0 aliphatic carbocycles. The Morgan fingerprint density at radius 1 is 1.64 bits per heavy atom. The molecule has 0 heterocycles. The number of hydrogen-bond donors (Lipinski definition) is 1. The third-order valence-electron chi connectivity index (χ3n) is 1.37. The fraction of sp³-hybridized carbons (Fsp3) is 0.857. The van der Waals surface area contributed by atoms with Crippen molar-refractivity contribution in [2.24, 2.45) is 5.73 Å². The minimum atomic E-state index is -0.204. The van der Waals surface area contributed by atoms with Gasteiger partial charge in [-0.25, -0.2) is 0 Å². The summed E-state index contributed by atoms with van der Waals surface area (Å²) in [5.41, 5.74) is 5.30. The number of hydrogen-bond acceptors (Lipinski definition) is 4. The van der Waals surface area contributed by atoms with Crippen molar-refractivity contribution in [1.29, 1.82) is 0 Å². The van der Waals surface area contributed by atoms with Crippen LogP contribution >= 0.6 is 0 Å². The molecule has 0 amide bonds. The molecule has 66 valence electrons. The predicted octanol–water partition coefficient (Wildman–Crippen LogP) is -0.560. The summed E-state index contributed by atoms with van der Waals surface area (Å²) in [5.74, 6) is -0.204. The van der Waals surface area contributed by atoms with Crippen molar-refractivity contribution in [3.8, 4) is 0 Å². The van der Waals surface area contributed by atoms with Gasteiger partial charge in [0.05, 0.1) is 13.7 Å². The molecule has 0 aromatic carbocycles. The van der Waals surface area contributed by atoms with E-state index in [9.17, 15) is 4.79 Å². The average molecular weight is 160 g/mol. The van der Waals surface area contributed by atoms with Gasteiger partial charge in [-0.05, 0) is 26.6 Å². The summed E-state index contributed by atoms with van der Waals surface area (Å²) in [6.45, 7) is 1.84. The SMILES string of the molecule is COC(=O)CN(C)CCCN. The van der Waals surface area contributed by atoms with Gasteiger partial charge in [0.1, 0.15) is 0 Å². The summed E-state index contributed by atoms with van der Waals surface area (Å²) in [6.07, 6.45) is 0.910. The molecule has 0 aromatic rings. The maximum Gasteiger partial charge on any atom is 0.319 e. The first kappa shape index (κ1) is 10.4. The molecule has 11 heavy (non-hydrogen) atoms. The Labute approximate surface area is 67.3 Å². The number of likely N-dealkylation sites (N-methyl/N-ethyl adjacent to an activating group) is 1. The van der Waals surface area contributed by atoms with E-state index < -0.39 is 0 Å². The zero-order valence-corrected chi connectivity index (χ0v) is 7.17. The number of esters is 1. The monoisotopic (exact) mass is 160 g/mol. The third-order valence-corrected chi connectivity index (χ3v) is 1.37. The lowest BCUT2D eigenvalue weighted by Crippen LogP contribution is -2.28. The molecule has 0 aliphatic heterocycles. The van der Waals surface area contributed by atoms with Gasteiger partial charge in [-0.15, -0.1) is 0 Å². The first-order valence-electron chi connectivity index (χ1n) is 3.66. The average Bonchev–Trinajstić information content (AvgIpc) is 2.00. The highest BCUT2D eigenvalue weighted by Gasteiger charge is 2.04. The first-order valence-corrected chi connectivity index (χ1v) is 3.66. The summed E-state index contributed by atoms with van der Waals surface area (Å²) in [5, 5.41) is 0. The zero-order chi connectivity index (χ0) is 8.69. The lowest BCUT2D eigenvalue weighted by Gasteiger charge is -2.13. The Hall–Kier alpha value is -0.610. The van der Waals surface area contributed by atoms with Crippen LogP contribution in [0, 0.1) is 0 Å². The fourth-order valence-electron chi connectivity index (χ4n) is 0.725. The Kier molecular flexibility index (Phi) is 5.78. The van der Waals surface area contributed by atoms with Crippen LogP contribution in [0.2, 0.25) is 0 Å². The molecule has 4 nitrogen and oxygen atoms in total. The molecule has 0 saturated heterocycles. The molecular weight excluding hydrogens is 144 g/mol. The van der Waals surface area contributed by atoms with E-state index in [1.165, 1.54) is 7.11 Å². The Morgan fingerprint density at radius 3 is 2.73 bits per heavy atom.